The van der Waals surface area contributed by atoms with Crippen molar-refractivity contribution in [2.24, 2.45) is 0 Å². The van der Waals surface area contributed by atoms with Crippen molar-refractivity contribution >= 4 is 23.0 Å². The van der Waals surface area contributed by atoms with Gasteiger partial charge in [-0.25, -0.2) is 4.79 Å². The van der Waals surface area contributed by atoms with Crippen molar-refractivity contribution in [1.82, 2.24) is 0 Å². The Morgan fingerprint density at radius 3 is 2.76 bits per heavy atom. The maximum absolute atomic E-state index is 12.1. The molecule has 0 amide bonds. The molecule has 0 saturated carbocycles. The molecule has 0 fully saturated rings. The maximum Gasteiger partial charge on any atom is 0.340 e. The molecule has 1 atom stereocenters. The van der Waals surface area contributed by atoms with E-state index in [9.17, 15) is 4.79 Å². The monoisotopic (exact) mass is 282 g/mol. The third-order valence-corrected chi connectivity index (χ3v) is 3.89. The summed E-state index contributed by atoms with van der Waals surface area (Å²) in [5.74, 6) is -0.367. The number of carbonyl (C=O) groups is 1. The number of carbonyl (C=O) groups excluding carboxylic acids is 1. The molecule has 1 heterocycles. The SMILES string of the molecule is COC(=O)c1cc(N)ccc1N1c2ccccc2CC1C. The van der Waals surface area contributed by atoms with Crippen molar-refractivity contribution in [1.29, 1.82) is 0 Å². The molecule has 21 heavy (non-hydrogen) atoms. The summed E-state index contributed by atoms with van der Waals surface area (Å²) in [7, 11) is 1.39. The highest BCUT2D eigenvalue weighted by Crippen LogP contribution is 2.40. The number of fused-ring (bicyclic) bond motifs is 1. The van der Waals surface area contributed by atoms with Gasteiger partial charge >= 0.3 is 5.97 Å². The summed E-state index contributed by atoms with van der Waals surface area (Å²) in [6, 6.07) is 13.9. The van der Waals surface area contributed by atoms with E-state index >= 15 is 0 Å². The highest BCUT2D eigenvalue weighted by Gasteiger charge is 2.29. The largest absolute Gasteiger partial charge is 0.465 e. The number of benzene rings is 2. The number of hydrogen-bond acceptors (Lipinski definition) is 4. The van der Waals surface area contributed by atoms with Crippen LogP contribution in [0, 0.1) is 0 Å². The van der Waals surface area contributed by atoms with E-state index in [2.05, 4.69) is 24.0 Å². The average Bonchev–Trinajstić information content (AvgIpc) is 2.82. The molecule has 0 aromatic heterocycles. The lowest BCUT2D eigenvalue weighted by Gasteiger charge is -2.27. The topological polar surface area (TPSA) is 55.6 Å². The average molecular weight is 282 g/mol. The van der Waals surface area contributed by atoms with Crippen molar-refractivity contribution in [3.05, 3.63) is 53.6 Å². The van der Waals surface area contributed by atoms with Crippen LogP contribution in [-0.2, 0) is 11.2 Å². The molecule has 0 aliphatic carbocycles. The zero-order valence-corrected chi connectivity index (χ0v) is 12.2. The van der Waals surface area contributed by atoms with E-state index in [0.29, 0.717) is 11.3 Å². The molecule has 2 N–H and O–H groups in total. The number of nitrogens with zero attached hydrogens (tertiary/aromatic N) is 1. The first-order valence-electron chi connectivity index (χ1n) is 6.97. The second kappa shape index (κ2) is 5.13. The van der Waals surface area contributed by atoms with Crippen LogP contribution >= 0.6 is 0 Å². The van der Waals surface area contributed by atoms with Crippen molar-refractivity contribution in [3.63, 3.8) is 0 Å². The zero-order chi connectivity index (χ0) is 15.0. The molecule has 1 aliphatic heterocycles. The number of nitrogen functional groups attached to an aromatic ring is 1. The standard InChI is InChI=1S/C17H18N2O2/c1-11-9-12-5-3-4-6-15(12)19(11)16-8-7-13(18)10-14(16)17(20)21-2/h3-8,10-11H,9,18H2,1-2H3. The molecule has 4 nitrogen and oxygen atoms in total. The van der Waals surface area contributed by atoms with Crippen LogP contribution in [0.25, 0.3) is 0 Å². The predicted molar refractivity (Wildman–Crippen MR) is 83.9 cm³/mol. The molecule has 2 aromatic carbocycles. The number of rotatable bonds is 2. The highest BCUT2D eigenvalue weighted by molar-refractivity contribution is 5.98. The van der Waals surface area contributed by atoms with Gasteiger partial charge in [-0.15, -0.1) is 0 Å². The Kier molecular flexibility index (Phi) is 3.29. The number of nitrogens with two attached hydrogens (primary N) is 1. The number of methoxy groups -OCH3 is 1. The Morgan fingerprint density at radius 1 is 1.24 bits per heavy atom. The molecule has 0 radical (unpaired) electrons. The number of esters is 1. The van der Waals surface area contributed by atoms with Crippen molar-refractivity contribution in [3.8, 4) is 0 Å². The lowest BCUT2D eigenvalue weighted by atomic mass is 10.1. The first kappa shape index (κ1) is 13.5. The summed E-state index contributed by atoms with van der Waals surface area (Å²) in [4.78, 5) is 14.2. The van der Waals surface area contributed by atoms with Gasteiger partial charge in [0.2, 0.25) is 0 Å². The van der Waals surface area contributed by atoms with Gasteiger partial charge in [0.25, 0.3) is 0 Å². The Morgan fingerprint density at radius 2 is 2.00 bits per heavy atom. The van der Waals surface area contributed by atoms with Crippen LogP contribution in [0.3, 0.4) is 0 Å². The summed E-state index contributed by atoms with van der Waals surface area (Å²) in [5.41, 5.74) is 10.1. The number of ether oxygens (including phenoxy) is 1. The van der Waals surface area contributed by atoms with Gasteiger partial charge in [0, 0.05) is 17.4 Å². The Hall–Kier alpha value is -2.49. The van der Waals surface area contributed by atoms with Gasteiger partial charge in [0.05, 0.1) is 18.4 Å². The van der Waals surface area contributed by atoms with Crippen LogP contribution in [0.1, 0.15) is 22.8 Å². The van der Waals surface area contributed by atoms with E-state index in [4.69, 9.17) is 10.5 Å². The van der Waals surface area contributed by atoms with Crippen LogP contribution in [0.2, 0.25) is 0 Å². The van der Waals surface area contributed by atoms with Gasteiger partial charge in [0.15, 0.2) is 0 Å². The van der Waals surface area contributed by atoms with E-state index in [1.807, 2.05) is 24.3 Å². The van der Waals surface area contributed by atoms with Crippen LogP contribution in [0.4, 0.5) is 17.1 Å². The number of para-hydroxylation sites is 1. The van der Waals surface area contributed by atoms with Crippen LogP contribution in [0.15, 0.2) is 42.5 Å². The van der Waals surface area contributed by atoms with Gasteiger partial charge in [0.1, 0.15) is 0 Å². The lowest BCUT2D eigenvalue weighted by molar-refractivity contribution is 0.0601. The molecule has 2 aromatic rings. The Balaban J connectivity index is 2.15. The minimum atomic E-state index is -0.367. The van der Waals surface area contributed by atoms with Gasteiger partial charge in [-0.3, -0.25) is 0 Å². The normalized spacial score (nSPS) is 16.7. The van der Waals surface area contributed by atoms with E-state index in [1.165, 1.54) is 12.7 Å². The van der Waals surface area contributed by atoms with E-state index in [0.717, 1.165) is 17.8 Å². The Labute approximate surface area is 124 Å². The second-order valence-electron chi connectivity index (χ2n) is 5.32. The first-order chi connectivity index (χ1) is 10.1. The van der Waals surface area contributed by atoms with Crippen LogP contribution < -0.4 is 10.6 Å². The van der Waals surface area contributed by atoms with Gasteiger partial charge in [-0.2, -0.15) is 0 Å². The molecule has 1 aliphatic rings. The minimum Gasteiger partial charge on any atom is -0.465 e. The second-order valence-corrected chi connectivity index (χ2v) is 5.32. The molecule has 0 bridgehead atoms. The Bertz CT molecular complexity index is 697. The predicted octanol–water partition coefficient (Wildman–Crippen LogP) is 3.14. The third kappa shape index (κ3) is 2.23. The van der Waals surface area contributed by atoms with Crippen molar-refractivity contribution < 1.29 is 9.53 Å². The molecule has 3 rings (SSSR count). The molecular weight excluding hydrogens is 264 g/mol. The van der Waals surface area contributed by atoms with E-state index in [-0.39, 0.29) is 12.0 Å². The third-order valence-electron chi connectivity index (χ3n) is 3.89. The number of hydrogen-bond donors (Lipinski definition) is 1. The quantitative estimate of drug-likeness (QED) is 0.679. The van der Waals surface area contributed by atoms with Gasteiger partial charge < -0.3 is 15.4 Å². The van der Waals surface area contributed by atoms with Gasteiger partial charge in [-0.05, 0) is 43.2 Å². The summed E-state index contributed by atoms with van der Waals surface area (Å²) in [6.07, 6.45) is 0.959. The fraction of sp³-hybridized carbons (Fsp3) is 0.235. The molecule has 1 unspecified atom stereocenters. The van der Waals surface area contributed by atoms with Crippen molar-refractivity contribution in [2.75, 3.05) is 17.7 Å². The molecule has 0 saturated heterocycles. The van der Waals surface area contributed by atoms with Crippen LogP contribution in [-0.4, -0.2) is 19.1 Å². The fourth-order valence-electron chi connectivity index (χ4n) is 2.97. The van der Waals surface area contributed by atoms with Gasteiger partial charge in [-0.1, -0.05) is 18.2 Å². The summed E-state index contributed by atoms with van der Waals surface area (Å²) < 4.78 is 4.89. The molecule has 0 spiro atoms. The molecule has 4 heteroatoms. The first-order valence-corrected chi connectivity index (χ1v) is 6.97. The highest BCUT2D eigenvalue weighted by atomic mass is 16.5. The molecule has 108 valence electrons. The maximum atomic E-state index is 12.1. The summed E-state index contributed by atoms with van der Waals surface area (Å²) in [5, 5.41) is 0. The zero-order valence-electron chi connectivity index (χ0n) is 12.2. The van der Waals surface area contributed by atoms with E-state index < -0.39 is 0 Å². The smallest absolute Gasteiger partial charge is 0.340 e. The van der Waals surface area contributed by atoms with E-state index in [1.54, 1.807) is 6.07 Å². The van der Waals surface area contributed by atoms with Crippen molar-refractivity contribution in [2.45, 2.75) is 19.4 Å². The summed E-state index contributed by atoms with van der Waals surface area (Å²) >= 11 is 0. The minimum absolute atomic E-state index is 0.287. The molecular formula is C17H18N2O2. The lowest BCUT2D eigenvalue weighted by Crippen LogP contribution is -2.26. The summed E-state index contributed by atoms with van der Waals surface area (Å²) in [6.45, 7) is 2.15. The number of anilines is 3. The fourth-order valence-corrected chi connectivity index (χ4v) is 2.97. The van der Waals surface area contributed by atoms with Crippen LogP contribution in [0.5, 0.6) is 0 Å².